The van der Waals surface area contributed by atoms with E-state index in [4.69, 9.17) is 9.72 Å². The van der Waals surface area contributed by atoms with Crippen LogP contribution in [0.4, 0.5) is 5.00 Å². The van der Waals surface area contributed by atoms with Crippen LogP contribution in [0.15, 0.2) is 48.5 Å². The molecule has 1 saturated heterocycles. The first-order chi connectivity index (χ1) is 14.5. The third kappa shape index (κ3) is 3.57. The van der Waals surface area contributed by atoms with E-state index in [-0.39, 0.29) is 11.2 Å². The van der Waals surface area contributed by atoms with Crippen molar-refractivity contribution in [3.63, 3.8) is 0 Å². The normalized spacial score (nSPS) is 18.3. The molecule has 0 atom stereocenters. The minimum Gasteiger partial charge on any atom is -0.378 e. The number of pyridine rings is 1. The molecule has 4 nitrogen and oxygen atoms in total. The summed E-state index contributed by atoms with van der Waals surface area (Å²) >= 11 is 1.65. The van der Waals surface area contributed by atoms with Crippen LogP contribution >= 0.6 is 11.3 Å². The Bertz CT molecular complexity index is 1080. The van der Waals surface area contributed by atoms with E-state index in [1.165, 1.54) is 10.6 Å². The molecule has 3 aromatic rings. The zero-order valence-corrected chi connectivity index (χ0v) is 18.3. The van der Waals surface area contributed by atoms with Crippen molar-refractivity contribution in [1.29, 1.82) is 0 Å². The number of fused-ring (bicyclic) bond motifs is 1. The monoisotopic (exact) mass is 418 g/mol. The number of rotatable bonds is 3. The van der Waals surface area contributed by atoms with Crippen molar-refractivity contribution in [3.8, 4) is 22.5 Å². The van der Waals surface area contributed by atoms with Crippen LogP contribution in [-0.4, -0.2) is 37.1 Å². The van der Waals surface area contributed by atoms with E-state index in [1.807, 2.05) is 18.2 Å². The highest BCUT2D eigenvalue weighted by atomic mass is 32.1. The zero-order valence-electron chi connectivity index (χ0n) is 17.5. The highest BCUT2D eigenvalue weighted by Gasteiger charge is 2.37. The summed E-state index contributed by atoms with van der Waals surface area (Å²) in [6.07, 6.45) is 1.52. The SMILES string of the molecule is CC1(C)CC(=O)c2sc(N3CCOCC3)c(-c3cccc(-c4ccccc4)n3)c2C1. The Morgan fingerprint density at radius 1 is 0.967 bits per heavy atom. The van der Waals surface area contributed by atoms with Gasteiger partial charge < -0.3 is 9.64 Å². The average molecular weight is 419 g/mol. The fraction of sp³-hybridized carbons (Fsp3) is 0.360. The van der Waals surface area contributed by atoms with E-state index >= 15 is 0 Å². The minimum absolute atomic E-state index is 0.0285. The Hall–Kier alpha value is -2.50. The molecule has 30 heavy (non-hydrogen) atoms. The zero-order chi connectivity index (χ0) is 20.7. The lowest BCUT2D eigenvalue weighted by atomic mass is 9.75. The quantitative estimate of drug-likeness (QED) is 0.566. The molecule has 0 bridgehead atoms. The third-order valence-electron chi connectivity index (χ3n) is 5.91. The van der Waals surface area contributed by atoms with Gasteiger partial charge in [-0.1, -0.05) is 50.2 Å². The highest BCUT2D eigenvalue weighted by molar-refractivity contribution is 7.19. The van der Waals surface area contributed by atoms with Crippen molar-refractivity contribution < 1.29 is 9.53 Å². The Morgan fingerprint density at radius 2 is 1.70 bits per heavy atom. The fourth-order valence-electron chi connectivity index (χ4n) is 4.50. The molecule has 0 saturated carbocycles. The lowest BCUT2D eigenvalue weighted by Crippen LogP contribution is -2.36. The number of ketones is 1. The maximum Gasteiger partial charge on any atom is 0.173 e. The summed E-state index contributed by atoms with van der Waals surface area (Å²) in [7, 11) is 0. The smallest absolute Gasteiger partial charge is 0.173 e. The Morgan fingerprint density at radius 3 is 2.47 bits per heavy atom. The maximum absolute atomic E-state index is 13.0. The second-order valence-corrected chi connectivity index (χ2v) is 9.90. The predicted octanol–water partition coefficient (Wildman–Crippen LogP) is 5.47. The summed E-state index contributed by atoms with van der Waals surface area (Å²) in [4.78, 5) is 21.4. The molecule has 5 heteroatoms. The van der Waals surface area contributed by atoms with Gasteiger partial charge in [-0.3, -0.25) is 4.79 Å². The summed E-state index contributed by atoms with van der Waals surface area (Å²) < 4.78 is 5.58. The molecule has 5 rings (SSSR count). The van der Waals surface area contributed by atoms with Gasteiger partial charge >= 0.3 is 0 Å². The first kappa shape index (κ1) is 19.5. The molecular formula is C25H26N2O2S. The van der Waals surface area contributed by atoms with Crippen molar-refractivity contribution in [3.05, 3.63) is 59.0 Å². The van der Waals surface area contributed by atoms with Gasteiger partial charge in [-0.05, 0) is 29.5 Å². The van der Waals surface area contributed by atoms with Crippen LogP contribution in [0.2, 0.25) is 0 Å². The van der Waals surface area contributed by atoms with Gasteiger partial charge in [0.1, 0.15) is 5.00 Å². The van der Waals surface area contributed by atoms with E-state index in [1.54, 1.807) is 11.3 Å². The van der Waals surface area contributed by atoms with E-state index in [2.05, 4.69) is 49.1 Å². The summed E-state index contributed by atoms with van der Waals surface area (Å²) in [5.74, 6) is 0.270. The number of carbonyl (C=O) groups is 1. The molecule has 2 aliphatic rings. The number of carbonyl (C=O) groups excluding carboxylic acids is 1. The molecule has 0 spiro atoms. The topological polar surface area (TPSA) is 42.4 Å². The van der Waals surface area contributed by atoms with E-state index in [9.17, 15) is 4.79 Å². The van der Waals surface area contributed by atoms with E-state index in [0.29, 0.717) is 6.42 Å². The molecule has 2 aromatic heterocycles. The number of hydrogen-bond acceptors (Lipinski definition) is 5. The number of anilines is 1. The van der Waals surface area contributed by atoms with Crippen LogP contribution in [0.5, 0.6) is 0 Å². The van der Waals surface area contributed by atoms with Gasteiger partial charge in [0.2, 0.25) is 0 Å². The summed E-state index contributed by atoms with van der Waals surface area (Å²) in [5, 5.41) is 1.17. The molecule has 1 aromatic carbocycles. The summed E-state index contributed by atoms with van der Waals surface area (Å²) in [6.45, 7) is 7.53. The van der Waals surface area contributed by atoms with Crippen LogP contribution in [0, 0.1) is 5.41 Å². The third-order valence-corrected chi connectivity index (χ3v) is 7.24. The molecule has 154 valence electrons. The van der Waals surface area contributed by atoms with Gasteiger partial charge in [-0.2, -0.15) is 0 Å². The molecule has 1 aliphatic carbocycles. The standard InChI is InChI=1S/C25H26N2O2S/c1-25(2)15-18-22(20-10-6-9-19(26-20)17-7-4-3-5-8-17)24(27-11-13-29-14-12-27)30-23(18)21(28)16-25/h3-10H,11-16H2,1-2H3. The predicted molar refractivity (Wildman–Crippen MR) is 122 cm³/mol. The van der Waals surface area contributed by atoms with Crippen LogP contribution in [0.25, 0.3) is 22.5 Å². The Balaban J connectivity index is 1.68. The van der Waals surface area contributed by atoms with Crippen molar-refractivity contribution in [2.24, 2.45) is 5.41 Å². The van der Waals surface area contributed by atoms with Crippen molar-refractivity contribution in [2.75, 3.05) is 31.2 Å². The lowest BCUT2D eigenvalue weighted by Gasteiger charge is -2.30. The van der Waals surface area contributed by atoms with Crippen molar-refractivity contribution in [2.45, 2.75) is 26.7 Å². The fourth-order valence-corrected chi connectivity index (χ4v) is 5.82. The molecule has 0 unspecified atom stereocenters. The van der Waals surface area contributed by atoms with Gasteiger partial charge in [-0.25, -0.2) is 4.98 Å². The van der Waals surface area contributed by atoms with Gasteiger partial charge in [0.05, 0.1) is 29.5 Å². The van der Waals surface area contributed by atoms with Gasteiger partial charge in [0.15, 0.2) is 5.78 Å². The van der Waals surface area contributed by atoms with Crippen molar-refractivity contribution in [1.82, 2.24) is 4.98 Å². The largest absolute Gasteiger partial charge is 0.378 e. The lowest BCUT2D eigenvalue weighted by molar-refractivity contribution is 0.0918. The number of benzene rings is 1. The van der Waals surface area contributed by atoms with Crippen molar-refractivity contribution >= 4 is 22.1 Å². The second-order valence-electron chi connectivity index (χ2n) is 8.90. The first-order valence-electron chi connectivity index (χ1n) is 10.6. The van der Waals surface area contributed by atoms with Crippen LogP contribution in [0.1, 0.15) is 35.5 Å². The summed E-state index contributed by atoms with van der Waals surface area (Å²) in [5.41, 5.74) is 5.33. The number of aromatic nitrogens is 1. The molecule has 0 amide bonds. The van der Waals surface area contributed by atoms with Gasteiger partial charge in [0, 0.05) is 30.6 Å². The van der Waals surface area contributed by atoms with Crippen LogP contribution in [0.3, 0.4) is 0 Å². The number of hydrogen-bond donors (Lipinski definition) is 0. The Labute approximate surface area is 181 Å². The van der Waals surface area contributed by atoms with Gasteiger partial charge in [0.25, 0.3) is 0 Å². The first-order valence-corrected chi connectivity index (χ1v) is 11.4. The number of nitrogens with zero attached hydrogens (tertiary/aromatic N) is 2. The minimum atomic E-state index is -0.0285. The Kier molecular flexibility index (Phi) is 4.95. The molecule has 1 fully saturated rings. The molecular weight excluding hydrogens is 392 g/mol. The number of thiophene rings is 1. The van der Waals surface area contributed by atoms with E-state index < -0.39 is 0 Å². The number of morpholine rings is 1. The molecule has 3 heterocycles. The van der Waals surface area contributed by atoms with Crippen LogP contribution < -0.4 is 4.90 Å². The highest BCUT2D eigenvalue weighted by Crippen LogP contribution is 2.49. The maximum atomic E-state index is 13.0. The molecule has 0 N–H and O–H groups in total. The van der Waals surface area contributed by atoms with E-state index in [0.717, 1.165) is 60.1 Å². The number of ether oxygens (including phenoxy) is 1. The second kappa shape index (κ2) is 7.64. The van der Waals surface area contributed by atoms with Crippen LogP contribution in [-0.2, 0) is 11.2 Å². The average Bonchev–Trinajstić information content (AvgIpc) is 3.14. The van der Waals surface area contributed by atoms with Gasteiger partial charge in [-0.15, -0.1) is 11.3 Å². The molecule has 1 aliphatic heterocycles. The summed E-state index contributed by atoms with van der Waals surface area (Å²) in [6, 6.07) is 16.5. The molecule has 0 radical (unpaired) electrons. The number of Topliss-reactive ketones (excluding diaryl/α,β-unsaturated/α-hetero) is 1.